The van der Waals surface area contributed by atoms with Gasteiger partial charge in [0.15, 0.2) is 0 Å². The van der Waals surface area contributed by atoms with E-state index in [0.29, 0.717) is 19.7 Å². The van der Waals surface area contributed by atoms with E-state index in [2.05, 4.69) is 43.6 Å². The van der Waals surface area contributed by atoms with E-state index in [4.69, 9.17) is 4.74 Å². The van der Waals surface area contributed by atoms with E-state index in [1.54, 1.807) is 11.8 Å². The number of rotatable bonds is 3. The van der Waals surface area contributed by atoms with Crippen LogP contribution in [0.15, 0.2) is 0 Å². The second kappa shape index (κ2) is 7.81. The highest BCUT2D eigenvalue weighted by Crippen LogP contribution is 2.28. The lowest BCUT2D eigenvalue weighted by atomic mass is 9.80. The summed E-state index contributed by atoms with van der Waals surface area (Å²) in [6, 6.07) is 0.160. The molecule has 3 amide bonds. The molecule has 0 spiro atoms. The standard InChI is InChI=1S/C18H34N4O3/c1-6-25-16(24)22-9-7-13(8-10-22)19-15(23)20-14-11-17(2,3)21-18(4,5)12-14/h13-14,21H,6-12H2,1-5H3,(H2,19,20,23). The first-order chi connectivity index (χ1) is 11.6. The van der Waals surface area contributed by atoms with E-state index in [1.165, 1.54) is 0 Å². The number of piperidine rings is 2. The summed E-state index contributed by atoms with van der Waals surface area (Å²) in [5, 5.41) is 9.82. The van der Waals surface area contributed by atoms with E-state index in [9.17, 15) is 9.59 Å². The van der Waals surface area contributed by atoms with Gasteiger partial charge in [-0.1, -0.05) is 0 Å². The molecule has 0 aromatic rings. The number of carbonyl (C=O) groups is 2. The number of nitrogens with one attached hydrogen (secondary N) is 3. The third kappa shape index (κ3) is 6.06. The van der Waals surface area contributed by atoms with Crippen LogP contribution in [0.2, 0.25) is 0 Å². The fraction of sp³-hybridized carbons (Fsp3) is 0.889. The maximum Gasteiger partial charge on any atom is 0.409 e. The van der Waals surface area contributed by atoms with Gasteiger partial charge in [0.2, 0.25) is 0 Å². The van der Waals surface area contributed by atoms with Gasteiger partial charge in [-0.2, -0.15) is 0 Å². The predicted octanol–water partition coefficient (Wildman–Crippen LogP) is 2.22. The minimum atomic E-state index is -0.260. The molecule has 2 saturated heterocycles. The summed E-state index contributed by atoms with van der Waals surface area (Å²) in [5.74, 6) is 0. The van der Waals surface area contributed by atoms with Crippen LogP contribution in [-0.4, -0.2) is 59.9 Å². The van der Waals surface area contributed by atoms with Gasteiger partial charge in [-0.25, -0.2) is 9.59 Å². The Morgan fingerprint density at radius 3 is 2.08 bits per heavy atom. The first-order valence-electron chi connectivity index (χ1n) is 9.38. The lowest BCUT2D eigenvalue weighted by Gasteiger charge is -2.46. The Labute approximate surface area is 151 Å². The second-order valence-corrected chi connectivity index (χ2v) is 8.58. The third-order valence-corrected chi connectivity index (χ3v) is 4.88. The van der Waals surface area contributed by atoms with Gasteiger partial charge in [0.25, 0.3) is 0 Å². The van der Waals surface area contributed by atoms with E-state index < -0.39 is 0 Å². The van der Waals surface area contributed by atoms with Crippen LogP contribution in [0.4, 0.5) is 9.59 Å². The minimum absolute atomic E-state index is 0.00464. The van der Waals surface area contributed by atoms with Crippen molar-refractivity contribution in [2.45, 2.75) is 83.5 Å². The molecular weight excluding hydrogens is 320 g/mol. The topological polar surface area (TPSA) is 82.7 Å². The van der Waals surface area contributed by atoms with Crippen LogP contribution in [0.1, 0.15) is 60.3 Å². The Bertz CT molecular complexity index is 469. The molecule has 2 fully saturated rings. The molecule has 2 aliphatic heterocycles. The fourth-order valence-corrected chi connectivity index (χ4v) is 4.26. The summed E-state index contributed by atoms with van der Waals surface area (Å²) in [6.07, 6.45) is 3.07. The molecule has 3 N–H and O–H groups in total. The van der Waals surface area contributed by atoms with Gasteiger partial charge >= 0.3 is 12.1 Å². The van der Waals surface area contributed by atoms with E-state index >= 15 is 0 Å². The lowest BCUT2D eigenvalue weighted by molar-refractivity contribution is 0.0955. The largest absolute Gasteiger partial charge is 0.450 e. The average Bonchev–Trinajstić information content (AvgIpc) is 2.44. The highest BCUT2D eigenvalue weighted by Gasteiger charge is 2.38. The van der Waals surface area contributed by atoms with Gasteiger partial charge in [0, 0.05) is 36.3 Å². The van der Waals surface area contributed by atoms with Crippen molar-refractivity contribution in [3.8, 4) is 0 Å². The van der Waals surface area contributed by atoms with Crippen molar-refractivity contribution >= 4 is 12.1 Å². The summed E-state index contributed by atoms with van der Waals surface area (Å²) in [4.78, 5) is 25.8. The van der Waals surface area contributed by atoms with Gasteiger partial charge in [0.1, 0.15) is 0 Å². The molecule has 2 heterocycles. The zero-order valence-corrected chi connectivity index (χ0v) is 16.3. The molecular formula is C18H34N4O3. The van der Waals surface area contributed by atoms with Crippen molar-refractivity contribution in [3.05, 3.63) is 0 Å². The Kier molecular flexibility index (Phi) is 6.19. The molecule has 144 valence electrons. The van der Waals surface area contributed by atoms with E-state index in [-0.39, 0.29) is 35.3 Å². The van der Waals surface area contributed by atoms with Crippen LogP contribution < -0.4 is 16.0 Å². The number of ether oxygens (including phenoxy) is 1. The number of carbonyl (C=O) groups excluding carboxylic acids is 2. The highest BCUT2D eigenvalue weighted by atomic mass is 16.6. The fourth-order valence-electron chi connectivity index (χ4n) is 4.26. The lowest BCUT2D eigenvalue weighted by Crippen LogP contribution is -2.63. The number of nitrogens with zero attached hydrogens (tertiary/aromatic N) is 1. The maximum absolute atomic E-state index is 12.4. The zero-order chi connectivity index (χ0) is 18.7. The molecule has 25 heavy (non-hydrogen) atoms. The Morgan fingerprint density at radius 2 is 1.56 bits per heavy atom. The molecule has 2 aliphatic rings. The van der Waals surface area contributed by atoms with Gasteiger partial charge in [-0.15, -0.1) is 0 Å². The van der Waals surface area contributed by atoms with Crippen LogP contribution in [0.5, 0.6) is 0 Å². The molecule has 0 aliphatic carbocycles. The number of urea groups is 1. The predicted molar refractivity (Wildman–Crippen MR) is 97.6 cm³/mol. The molecule has 0 radical (unpaired) electrons. The van der Waals surface area contributed by atoms with Crippen molar-refractivity contribution in [2.75, 3.05) is 19.7 Å². The first kappa shape index (κ1) is 19.8. The minimum Gasteiger partial charge on any atom is -0.450 e. The summed E-state index contributed by atoms with van der Waals surface area (Å²) >= 11 is 0. The van der Waals surface area contributed by atoms with Crippen LogP contribution >= 0.6 is 0 Å². The normalized spacial score (nSPS) is 23.8. The van der Waals surface area contributed by atoms with Gasteiger partial charge in [-0.05, 0) is 60.3 Å². The van der Waals surface area contributed by atoms with Crippen molar-refractivity contribution in [2.24, 2.45) is 0 Å². The van der Waals surface area contributed by atoms with Gasteiger partial charge in [-0.3, -0.25) is 0 Å². The molecule has 0 atom stereocenters. The second-order valence-electron chi connectivity index (χ2n) is 8.58. The number of hydrogen-bond acceptors (Lipinski definition) is 4. The molecule has 7 heteroatoms. The SMILES string of the molecule is CCOC(=O)N1CCC(NC(=O)NC2CC(C)(C)NC(C)(C)C2)CC1. The Morgan fingerprint density at radius 1 is 1.04 bits per heavy atom. The van der Waals surface area contributed by atoms with Crippen molar-refractivity contribution in [3.63, 3.8) is 0 Å². The van der Waals surface area contributed by atoms with Crippen LogP contribution in [0.25, 0.3) is 0 Å². The van der Waals surface area contributed by atoms with Crippen molar-refractivity contribution in [1.82, 2.24) is 20.9 Å². The van der Waals surface area contributed by atoms with E-state index in [0.717, 1.165) is 25.7 Å². The first-order valence-corrected chi connectivity index (χ1v) is 9.38. The van der Waals surface area contributed by atoms with Crippen molar-refractivity contribution < 1.29 is 14.3 Å². The molecule has 2 rings (SSSR count). The average molecular weight is 354 g/mol. The van der Waals surface area contributed by atoms with E-state index in [1.807, 2.05) is 0 Å². The van der Waals surface area contributed by atoms with Crippen LogP contribution in [-0.2, 0) is 4.74 Å². The Hall–Kier alpha value is -1.50. The third-order valence-electron chi connectivity index (χ3n) is 4.88. The molecule has 0 aromatic carbocycles. The molecule has 7 nitrogen and oxygen atoms in total. The molecule has 0 aromatic heterocycles. The van der Waals surface area contributed by atoms with Crippen LogP contribution in [0, 0.1) is 0 Å². The van der Waals surface area contributed by atoms with Crippen LogP contribution in [0.3, 0.4) is 0 Å². The smallest absolute Gasteiger partial charge is 0.409 e. The monoisotopic (exact) mass is 354 g/mol. The number of hydrogen-bond donors (Lipinski definition) is 3. The summed E-state index contributed by atoms with van der Waals surface area (Å²) < 4.78 is 5.02. The summed E-state index contributed by atoms with van der Waals surface area (Å²) in [5.41, 5.74) is 0.00928. The number of amides is 3. The summed E-state index contributed by atoms with van der Waals surface area (Å²) in [6.45, 7) is 12.1. The molecule has 0 bridgehead atoms. The molecule has 0 saturated carbocycles. The maximum atomic E-state index is 12.4. The van der Waals surface area contributed by atoms with Gasteiger partial charge < -0.3 is 25.6 Å². The highest BCUT2D eigenvalue weighted by molar-refractivity contribution is 5.74. The summed E-state index contributed by atoms with van der Waals surface area (Å²) in [7, 11) is 0. The quantitative estimate of drug-likeness (QED) is 0.726. The number of likely N-dealkylation sites (tertiary alicyclic amines) is 1. The van der Waals surface area contributed by atoms with Crippen molar-refractivity contribution in [1.29, 1.82) is 0 Å². The molecule has 0 unspecified atom stereocenters. The Balaban J connectivity index is 1.77. The van der Waals surface area contributed by atoms with Gasteiger partial charge in [0.05, 0.1) is 6.61 Å². The zero-order valence-electron chi connectivity index (χ0n) is 16.3.